The van der Waals surface area contributed by atoms with E-state index in [0.717, 1.165) is 18.4 Å². The fourth-order valence-corrected chi connectivity index (χ4v) is 3.29. The molecule has 2 aromatic carbocycles. The quantitative estimate of drug-likeness (QED) is 0.740. The largest absolute Gasteiger partial charge is 0.350 e. The molecule has 0 bridgehead atoms. The van der Waals surface area contributed by atoms with Crippen molar-refractivity contribution in [1.82, 2.24) is 10.2 Å². The van der Waals surface area contributed by atoms with Crippen LogP contribution in [0.3, 0.4) is 0 Å². The first-order chi connectivity index (χ1) is 13.4. The molecule has 0 aliphatic carbocycles. The molecule has 146 valence electrons. The van der Waals surface area contributed by atoms with Gasteiger partial charge in [-0.1, -0.05) is 38.1 Å². The number of amides is 3. The summed E-state index contributed by atoms with van der Waals surface area (Å²) in [6.07, 6.45) is 2.02. The summed E-state index contributed by atoms with van der Waals surface area (Å²) in [4.78, 5) is 38.5. The lowest BCUT2D eigenvalue weighted by molar-refractivity contribution is 0.0641. The smallest absolute Gasteiger partial charge is 0.261 e. The highest BCUT2D eigenvalue weighted by atomic mass is 16.2. The molecule has 3 amide bonds. The summed E-state index contributed by atoms with van der Waals surface area (Å²) in [7, 11) is 0. The average molecular weight is 378 g/mol. The van der Waals surface area contributed by atoms with E-state index in [2.05, 4.69) is 19.2 Å². The van der Waals surface area contributed by atoms with E-state index < -0.39 is 0 Å². The Morgan fingerprint density at radius 2 is 1.46 bits per heavy atom. The Morgan fingerprint density at radius 3 is 2.00 bits per heavy atom. The molecule has 0 fully saturated rings. The van der Waals surface area contributed by atoms with Crippen molar-refractivity contribution in [2.24, 2.45) is 5.92 Å². The van der Waals surface area contributed by atoms with Crippen LogP contribution in [0.2, 0.25) is 0 Å². The van der Waals surface area contributed by atoms with Crippen molar-refractivity contribution in [2.45, 2.75) is 46.2 Å². The molecule has 0 spiro atoms. The number of hydrogen-bond acceptors (Lipinski definition) is 3. The van der Waals surface area contributed by atoms with Crippen molar-refractivity contribution in [3.63, 3.8) is 0 Å². The van der Waals surface area contributed by atoms with Crippen LogP contribution in [-0.4, -0.2) is 28.7 Å². The molecular weight excluding hydrogens is 352 g/mol. The number of carbonyl (C=O) groups excluding carboxylic acids is 3. The molecule has 1 aliphatic heterocycles. The summed E-state index contributed by atoms with van der Waals surface area (Å²) in [6.45, 7) is 6.54. The lowest BCUT2D eigenvalue weighted by Crippen LogP contribution is -2.32. The number of hydrogen-bond donors (Lipinski definition) is 1. The van der Waals surface area contributed by atoms with Gasteiger partial charge in [0.25, 0.3) is 17.7 Å². The van der Waals surface area contributed by atoms with Gasteiger partial charge in [-0.15, -0.1) is 0 Å². The maximum absolute atomic E-state index is 12.5. The fraction of sp³-hybridized carbons (Fsp3) is 0.348. The fourth-order valence-electron chi connectivity index (χ4n) is 3.29. The van der Waals surface area contributed by atoms with Gasteiger partial charge in [-0.3, -0.25) is 19.3 Å². The van der Waals surface area contributed by atoms with Gasteiger partial charge < -0.3 is 5.32 Å². The van der Waals surface area contributed by atoms with Crippen LogP contribution in [0.15, 0.2) is 48.5 Å². The maximum atomic E-state index is 12.5. The van der Waals surface area contributed by atoms with Gasteiger partial charge in [-0.2, -0.15) is 0 Å². The van der Waals surface area contributed by atoms with E-state index in [0.29, 0.717) is 22.6 Å². The van der Waals surface area contributed by atoms with Crippen LogP contribution in [0, 0.1) is 5.92 Å². The van der Waals surface area contributed by atoms with E-state index in [1.54, 1.807) is 48.5 Å². The molecule has 1 N–H and O–H groups in total. The topological polar surface area (TPSA) is 66.5 Å². The van der Waals surface area contributed by atoms with Crippen molar-refractivity contribution < 1.29 is 14.4 Å². The van der Waals surface area contributed by atoms with E-state index in [4.69, 9.17) is 0 Å². The monoisotopic (exact) mass is 378 g/mol. The van der Waals surface area contributed by atoms with Crippen LogP contribution in [0.25, 0.3) is 0 Å². The summed E-state index contributed by atoms with van der Waals surface area (Å²) in [5, 5.41) is 3.01. The zero-order valence-electron chi connectivity index (χ0n) is 16.6. The van der Waals surface area contributed by atoms with Gasteiger partial charge in [0, 0.05) is 11.6 Å². The first kappa shape index (κ1) is 19.8. The highest BCUT2D eigenvalue weighted by molar-refractivity contribution is 6.21. The lowest BCUT2D eigenvalue weighted by atomic mass is 10.0. The van der Waals surface area contributed by atoms with Crippen molar-refractivity contribution in [1.29, 1.82) is 0 Å². The summed E-state index contributed by atoms with van der Waals surface area (Å²) >= 11 is 0. The predicted octanol–water partition coefficient (Wildman–Crippen LogP) is 4.04. The number of fused-ring (bicyclic) bond motifs is 1. The van der Waals surface area contributed by atoms with E-state index in [-0.39, 0.29) is 30.3 Å². The van der Waals surface area contributed by atoms with Crippen LogP contribution in [-0.2, 0) is 6.54 Å². The second-order valence-corrected chi connectivity index (χ2v) is 7.78. The predicted molar refractivity (Wildman–Crippen MR) is 108 cm³/mol. The molecule has 5 nitrogen and oxygen atoms in total. The zero-order chi connectivity index (χ0) is 20.3. The highest BCUT2D eigenvalue weighted by Gasteiger charge is 2.34. The molecule has 0 saturated carbocycles. The minimum atomic E-state index is -0.276. The third kappa shape index (κ3) is 4.30. The van der Waals surface area contributed by atoms with E-state index in [9.17, 15) is 14.4 Å². The van der Waals surface area contributed by atoms with Gasteiger partial charge in [0.15, 0.2) is 0 Å². The van der Waals surface area contributed by atoms with Gasteiger partial charge in [0.2, 0.25) is 0 Å². The number of imide groups is 1. The van der Waals surface area contributed by atoms with Gasteiger partial charge in [0.05, 0.1) is 17.7 Å². The molecule has 0 aromatic heterocycles. The molecule has 2 aromatic rings. The second-order valence-electron chi connectivity index (χ2n) is 7.78. The van der Waals surface area contributed by atoms with Crippen LogP contribution < -0.4 is 5.32 Å². The van der Waals surface area contributed by atoms with E-state index in [1.807, 2.05) is 6.92 Å². The number of nitrogens with zero attached hydrogens (tertiary/aromatic N) is 1. The van der Waals surface area contributed by atoms with Crippen LogP contribution >= 0.6 is 0 Å². The van der Waals surface area contributed by atoms with Gasteiger partial charge in [-0.05, 0) is 55.5 Å². The summed E-state index contributed by atoms with van der Waals surface area (Å²) < 4.78 is 0. The first-order valence-electron chi connectivity index (χ1n) is 9.72. The number of carbonyl (C=O) groups is 3. The van der Waals surface area contributed by atoms with Gasteiger partial charge in [0.1, 0.15) is 0 Å². The third-order valence-electron chi connectivity index (χ3n) is 4.99. The molecule has 5 heteroatoms. The molecule has 0 radical (unpaired) electrons. The van der Waals surface area contributed by atoms with Crippen molar-refractivity contribution in [3.05, 3.63) is 70.8 Å². The Balaban J connectivity index is 1.62. The van der Waals surface area contributed by atoms with Gasteiger partial charge in [-0.25, -0.2) is 0 Å². The minimum Gasteiger partial charge on any atom is -0.350 e. The first-order valence-corrected chi connectivity index (χ1v) is 9.72. The summed E-state index contributed by atoms with van der Waals surface area (Å²) in [5.41, 5.74) is 2.26. The zero-order valence-corrected chi connectivity index (χ0v) is 16.6. The van der Waals surface area contributed by atoms with Crippen LogP contribution in [0.1, 0.15) is 70.3 Å². The standard InChI is InChI=1S/C23H26N2O3/c1-15(2)8-9-16(3)24-21(26)18-12-10-17(11-13-18)14-25-22(27)19-6-4-5-7-20(19)23(25)28/h4-7,10-13,15-16H,8-9,14H2,1-3H3,(H,24,26). The Bertz CT molecular complexity index is 852. The Hall–Kier alpha value is -2.95. The van der Waals surface area contributed by atoms with E-state index in [1.165, 1.54) is 4.90 Å². The number of benzene rings is 2. The summed E-state index contributed by atoms with van der Waals surface area (Å²) in [5.74, 6) is -0.0490. The SMILES string of the molecule is CC(C)CCC(C)NC(=O)c1ccc(CN2C(=O)c3ccccc3C2=O)cc1. The molecule has 1 heterocycles. The molecule has 1 aliphatic rings. The Kier molecular flexibility index (Phi) is 5.93. The normalized spacial score (nSPS) is 14.4. The number of nitrogens with one attached hydrogen (secondary N) is 1. The average Bonchev–Trinajstić information content (AvgIpc) is 2.92. The van der Waals surface area contributed by atoms with Crippen LogP contribution in [0.4, 0.5) is 0 Å². The van der Waals surface area contributed by atoms with Crippen molar-refractivity contribution in [2.75, 3.05) is 0 Å². The molecule has 3 rings (SSSR count). The minimum absolute atomic E-state index is 0.108. The van der Waals surface area contributed by atoms with E-state index >= 15 is 0 Å². The highest BCUT2D eigenvalue weighted by Crippen LogP contribution is 2.24. The van der Waals surface area contributed by atoms with Crippen LogP contribution in [0.5, 0.6) is 0 Å². The molecule has 0 saturated heterocycles. The maximum Gasteiger partial charge on any atom is 0.261 e. The second kappa shape index (κ2) is 8.38. The third-order valence-corrected chi connectivity index (χ3v) is 4.99. The Morgan fingerprint density at radius 1 is 0.893 bits per heavy atom. The molecular formula is C23H26N2O3. The summed E-state index contributed by atoms with van der Waals surface area (Å²) in [6, 6.07) is 14.0. The van der Waals surface area contributed by atoms with Gasteiger partial charge >= 0.3 is 0 Å². The lowest BCUT2D eigenvalue weighted by Gasteiger charge is -2.16. The van der Waals surface area contributed by atoms with Crippen molar-refractivity contribution >= 4 is 17.7 Å². The number of rotatable bonds is 7. The molecule has 1 atom stereocenters. The molecule has 28 heavy (non-hydrogen) atoms. The molecule has 1 unspecified atom stereocenters. The van der Waals surface area contributed by atoms with Crippen molar-refractivity contribution in [3.8, 4) is 0 Å². The Labute approximate surface area is 165 Å².